The fourth-order valence-electron chi connectivity index (χ4n) is 1.62. The molecular weight excluding hydrogens is 164 g/mol. The maximum Gasteiger partial charge on any atom is 0.211 e. The van der Waals surface area contributed by atoms with Gasteiger partial charge in [-0.05, 0) is 31.1 Å². The van der Waals surface area contributed by atoms with Crippen LogP contribution in [0.15, 0.2) is 10.2 Å². The van der Waals surface area contributed by atoms with Crippen molar-refractivity contribution in [2.45, 2.75) is 33.1 Å². The van der Waals surface area contributed by atoms with Gasteiger partial charge in [-0.2, -0.15) is 5.10 Å². The second-order valence-corrected chi connectivity index (χ2v) is 3.90. The minimum Gasteiger partial charge on any atom is -0.369 e. The van der Waals surface area contributed by atoms with Crippen molar-refractivity contribution in [2.75, 3.05) is 0 Å². The summed E-state index contributed by atoms with van der Waals surface area (Å²) in [5.41, 5.74) is 11.6. The first-order valence-corrected chi connectivity index (χ1v) is 4.75. The average Bonchev–Trinajstić information content (AvgIpc) is 2.06. The van der Waals surface area contributed by atoms with Crippen LogP contribution in [0.4, 0.5) is 0 Å². The van der Waals surface area contributed by atoms with Crippen LogP contribution in [0.25, 0.3) is 0 Å². The molecule has 74 valence electrons. The van der Waals surface area contributed by atoms with Crippen molar-refractivity contribution in [3.63, 3.8) is 0 Å². The highest BCUT2D eigenvalue weighted by Gasteiger charge is 2.20. The summed E-state index contributed by atoms with van der Waals surface area (Å²) >= 11 is 0. The van der Waals surface area contributed by atoms with Crippen LogP contribution in [0.2, 0.25) is 0 Å². The van der Waals surface area contributed by atoms with Gasteiger partial charge in [0, 0.05) is 5.71 Å². The minimum absolute atomic E-state index is 0.0397. The van der Waals surface area contributed by atoms with Crippen molar-refractivity contribution >= 4 is 11.7 Å². The third-order valence-electron chi connectivity index (χ3n) is 2.51. The Morgan fingerprint density at radius 3 is 2.62 bits per heavy atom. The molecule has 0 radical (unpaired) electrons. The van der Waals surface area contributed by atoms with Gasteiger partial charge in [0.1, 0.15) is 0 Å². The number of nitrogens with zero attached hydrogens (tertiary/aromatic N) is 2. The predicted octanol–water partition coefficient (Wildman–Crippen LogP) is 1.07. The van der Waals surface area contributed by atoms with Gasteiger partial charge in [-0.3, -0.25) is 0 Å². The Labute approximate surface area is 79.1 Å². The van der Waals surface area contributed by atoms with E-state index in [1.807, 2.05) is 0 Å². The Morgan fingerprint density at radius 2 is 2.00 bits per heavy atom. The van der Waals surface area contributed by atoms with E-state index < -0.39 is 0 Å². The zero-order valence-corrected chi connectivity index (χ0v) is 8.33. The van der Waals surface area contributed by atoms with E-state index in [-0.39, 0.29) is 5.96 Å². The molecule has 4 N–H and O–H groups in total. The zero-order valence-electron chi connectivity index (χ0n) is 8.33. The molecule has 4 nitrogen and oxygen atoms in total. The highest BCUT2D eigenvalue weighted by Crippen LogP contribution is 2.26. The summed E-state index contributed by atoms with van der Waals surface area (Å²) in [5.74, 6) is 1.28. The number of nitrogens with two attached hydrogens (primary N) is 2. The van der Waals surface area contributed by atoms with Crippen molar-refractivity contribution in [2.24, 2.45) is 33.5 Å². The molecule has 0 amide bonds. The maximum absolute atomic E-state index is 5.21. The molecule has 1 aliphatic rings. The predicted molar refractivity (Wildman–Crippen MR) is 55.4 cm³/mol. The van der Waals surface area contributed by atoms with Gasteiger partial charge in [-0.25, -0.2) is 0 Å². The molecule has 4 heteroatoms. The van der Waals surface area contributed by atoms with Crippen LogP contribution < -0.4 is 11.5 Å². The first-order chi connectivity index (χ1) is 6.09. The molecule has 2 atom stereocenters. The van der Waals surface area contributed by atoms with Crippen molar-refractivity contribution in [3.05, 3.63) is 0 Å². The van der Waals surface area contributed by atoms with E-state index in [1.165, 1.54) is 12.8 Å². The Morgan fingerprint density at radius 1 is 1.31 bits per heavy atom. The van der Waals surface area contributed by atoms with E-state index in [4.69, 9.17) is 11.5 Å². The monoisotopic (exact) mass is 182 g/mol. The van der Waals surface area contributed by atoms with Crippen molar-refractivity contribution in [1.82, 2.24) is 0 Å². The van der Waals surface area contributed by atoms with Crippen LogP contribution in [0.5, 0.6) is 0 Å². The molecule has 2 unspecified atom stereocenters. The molecule has 1 saturated carbocycles. The van der Waals surface area contributed by atoms with Gasteiger partial charge < -0.3 is 11.5 Å². The Hall–Kier alpha value is -1.06. The van der Waals surface area contributed by atoms with Gasteiger partial charge in [-0.15, -0.1) is 5.10 Å². The number of guanidine groups is 1. The maximum atomic E-state index is 5.21. The van der Waals surface area contributed by atoms with Crippen LogP contribution in [0.1, 0.15) is 33.1 Å². The van der Waals surface area contributed by atoms with Crippen molar-refractivity contribution in [1.29, 1.82) is 0 Å². The number of rotatable bonds is 1. The van der Waals surface area contributed by atoms with E-state index in [0.29, 0.717) is 11.8 Å². The van der Waals surface area contributed by atoms with Crippen LogP contribution >= 0.6 is 0 Å². The molecule has 0 saturated heterocycles. The molecule has 0 aromatic carbocycles. The molecule has 1 aliphatic carbocycles. The summed E-state index contributed by atoms with van der Waals surface area (Å²) in [6.45, 7) is 4.41. The molecule has 0 aromatic heterocycles. The molecule has 0 aliphatic heterocycles. The van der Waals surface area contributed by atoms with Crippen molar-refractivity contribution in [3.8, 4) is 0 Å². The second-order valence-electron chi connectivity index (χ2n) is 3.90. The summed E-state index contributed by atoms with van der Waals surface area (Å²) in [5, 5.41) is 7.76. The summed E-state index contributed by atoms with van der Waals surface area (Å²) < 4.78 is 0. The standard InChI is InChI=1S/C9H18N4/c1-6-3-4-7(2)8(5-6)12-13-9(10)11/h6-7H,3-5H2,1-2H3,(H4,10,11,13)/b12-8+. The molecule has 0 heterocycles. The van der Waals surface area contributed by atoms with Gasteiger partial charge in [0.05, 0.1) is 0 Å². The summed E-state index contributed by atoms with van der Waals surface area (Å²) in [4.78, 5) is 0. The molecule has 13 heavy (non-hydrogen) atoms. The summed E-state index contributed by atoms with van der Waals surface area (Å²) in [6.07, 6.45) is 3.50. The SMILES string of the molecule is CC1CCC(C)/C(=N/N=C(N)N)C1. The minimum atomic E-state index is 0.0397. The Bertz CT molecular complexity index is 228. The van der Waals surface area contributed by atoms with Crippen molar-refractivity contribution < 1.29 is 0 Å². The van der Waals surface area contributed by atoms with Crippen LogP contribution in [-0.4, -0.2) is 11.7 Å². The first kappa shape index (κ1) is 10.0. The fraction of sp³-hybridized carbons (Fsp3) is 0.778. The fourth-order valence-corrected chi connectivity index (χ4v) is 1.62. The van der Waals surface area contributed by atoms with E-state index in [0.717, 1.165) is 12.1 Å². The van der Waals surface area contributed by atoms with Gasteiger partial charge >= 0.3 is 0 Å². The Kier molecular flexibility index (Phi) is 3.28. The second kappa shape index (κ2) is 4.25. The smallest absolute Gasteiger partial charge is 0.211 e. The van der Waals surface area contributed by atoms with E-state index >= 15 is 0 Å². The number of hydrogen-bond donors (Lipinski definition) is 2. The van der Waals surface area contributed by atoms with E-state index in [9.17, 15) is 0 Å². The quantitative estimate of drug-likeness (QED) is 0.361. The molecule has 1 rings (SSSR count). The van der Waals surface area contributed by atoms with Gasteiger partial charge in [-0.1, -0.05) is 13.8 Å². The van der Waals surface area contributed by atoms with Crippen LogP contribution in [-0.2, 0) is 0 Å². The summed E-state index contributed by atoms with van der Waals surface area (Å²) in [6, 6.07) is 0. The highest BCUT2D eigenvalue weighted by molar-refractivity contribution is 5.88. The van der Waals surface area contributed by atoms with E-state index in [2.05, 4.69) is 24.1 Å². The summed E-state index contributed by atoms with van der Waals surface area (Å²) in [7, 11) is 0. The third-order valence-corrected chi connectivity index (χ3v) is 2.51. The van der Waals surface area contributed by atoms with Gasteiger partial charge in [0.2, 0.25) is 5.96 Å². The molecule has 1 fully saturated rings. The van der Waals surface area contributed by atoms with Crippen LogP contribution in [0.3, 0.4) is 0 Å². The third kappa shape index (κ3) is 3.05. The zero-order chi connectivity index (χ0) is 9.84. The van der Waals surface area contributed by atoms with Gasteiger partial charge in [0.25, 0.3) is 0 Å². The lowest BCUT2D eigenvalue weighted by molar-refractivity contribution is 0.445. The largest absolute Gasteiger partial charge is 0.369 e. The van der Waals surface area contributed by atoms with Crippen LogP contribution in [0, 0.1) is 11.8 Å². The van der Waals surface area contributed by atoms with Gasteiger partial charge in [0.15, 0.2) is 0 Å². The topological polar surface area (TPSA) is 76.8 Å². The lowest BCUT2D eigenvalue weighted by Gasteiger charge is -2.24. The lowest BCUT2D eigenvalue weighted by atomic mass is 9.82. The lowest BCUT2D eigenvalue weighted by Crippen LogP contribution is -2.24. The highest BCUT2D eigenvalue weighted by atomic mass is 15.3. The average molecular weight is 182 g/mol. The molecule has 0 spiro atoms. The Balaban J connectivity index is 2.65. The van der Waals surface area contributed by atoms with E-state index in [1.54, 1.807) is 0 Å². The number of hydrogen-bond acceptors (Lipinski definition) is 2. The normalized spacial score (nSPS) is 31.7. The molecular formula is C9H18N4. The first-order valence-electron chi connectivity index (χ1n) is 4.75. The molecule has 0 bridgehead atoms. The molecule has 0 aromatic rings.